The van der Waals surface area contributed by atoms with Gasteiger partial charge in [0.2, 0.25) is 5.91 Å². The van der Waals surface area contributed by atoms with Gasteiger partial charge in [-0.25, -0.2) is 0 Å². The maximum Gasteiger partial charge on any atom is 0.221 e. The highest BCUT2D eigenvalue weighted by molar-refractivity contribution is 5.85. The average Bonchev–Trinajstić information content (AvgIpc) is 2.10. The first-order valence-corrected chi connectivity index (χ1v) is 5.74. The van der Waals surface area contributed by atoms with E-state index >= 15 is 0 Å². The number of nitrogens with one attached hydrogen (secondary N) is 1. The Morgan fingerprint density at radius 3 is 2.59 bits per heavy atom. The van der Waals surface area contributed by atoms with Gasteiger partial charge >= 0.3 is 0 Å². The van der Waals surface area contributed by atoms with Gasteiger partial charge in [-0.15, -0.1) is 24.8 Å². The Bertz CT molecular complexity index is 227. The van der Waals surface area contributed by atoms with Crippen molar-refractivity contribution in [2.75, 3.05) is 13.6 Å². The lowest BCUT2D eigenvalue weighted by Crippen LogP contribution is -2.47. The van der Waals surface area contributed by atoms with Crippen molar-refractivity contribution in [2.45, 2.75) is 51.2 Å². The largest absolute Gasteiger partial charge is 0.353 e. The van der Waals surface area contributed by atoms with E-state index < -0.39 is 0 Å². The van der Waals surface area contributed by atoms with E-state index in [0.717, 1.165) is 19.4 Å². The fraction of sp³-hybridized carbons (Fsp3) is 0.909. The molecule has 0 aromatic rings. The van der Waals surface area contributed by atoms with Gasteiger partial charge in [0.1, 0.15) is 0 Å². The molecule has 17 heavy (non-hydrogen) atoms. The molecule has 1 rings (SSSR count). The summed E-state index contributed by atoms with van der Waals surface area (Å²) in [5.74, 6) is 0.0896. The second kappa shape index (κ2) is 8.97. The van der Waals surface area contributed by atoms with Gasteiger partial charge in [0.25, 0.3) is 0 Å². The van der Waals surface area contributed by atoms with Crippen molar-refractivity contribution in [3.63, 3.8) is 0 Å². The molecule has 0 aromatic heterocycles. The zero-order chi connectivity index (χ0) is 11.4. The molecule has 1 amide bonds. The molecule has 1 aliphatic rings. The molecule has 0 saturated carbocycles. The van der Waals surface area contributed by atoms with E-state index in [4.69, 9.17) is 5.73 Å². The molecule has 0 radical (unpaired) electrons. The Kier molecular flexibility index (Phi) is 10.2. The fourth-order valence-corrected chi connectivity index (χ4v) is 2.00. The number of rotatable bonds is 3. The summed E-state index contributed by atoms with van der Waals surface area (Å²) in [6.45, 7) is 5.12. The molecular formula is C11H25Cl2N3O. The van der Waals surface area contributed by atoms with E-state index in [1.807, 2.05) is 6.92 Å². The molecule has 0 spiro atoms. The highest BCUT2D eigenvalue weighted by Gasteiger charge is 2.23. The van der Waals surface area contributed by atoms with Gasteiger partial charge in [-0.05, 0) is 33.7 Å². The molecule has 0 aliphatic carbocycles. The quantitative estimate of drug-likeness (QED) is 0.818. The molecule has 6 heteroatoms. The van der Waals surface area contributed by atoms with Crippen LogP contribution in [-0.4, -0.2) is 42.5 Å². The summed E-state index contributed by atoms with van der Waals surface area (Å²) in [6.07, 6.45) is 2.52. The van der Waals surface area contributed by atoms with Crippen LogP contribution in [0.25, 0.3) is 0 Å². The summed E-state index contributed by atoms with van der Waals surface area (Å²) >= 11 is 0. The predicted octanol–water partition coefficient (Wildman–Crippen LogP) is 1.17. The van der Waals surface area contributed by atoms with Gasteiger partial charge < -0.3 is 16.0 Å². The molecule has 1 saturated heterocycles. The zero-order valence-electron chi connectivity index (χ0n) is 10.8. The van der Waals surface area contributed by atoms with E-state index in [0.29, 0.717) is 18.5 Å². The van der Waals surface area contributed by atoms with Crippen molar-refractivity contribution in [3.05, 3.63) is 0 Å². The number of amides is 1. The molecule has 104 valence electrons. The number of hydrogen-bond acceptors (Lipinski definition) is 3. The first-order valence-electron chi connectivity index (χ1n) is 5.74. The smallest absolute Gasteiger partial charge is 0.221 e. The van der Waals surface area contributed by atoms with Crippen LogP contribution < -0.4 is 11.1 Å². The highest BCUT2D eigenvalue weighted by atomic mass is 35.5. The third kappa shape index (κ3) is 7.09. The minimum Gasteiger partial charge on any atom is -0.353 e. The van der Waals surface area contributed by atoms with Crippen LogP contribution in [0.1, 0.15) is 33.1 Å². The summed E-state index contributed by atoms with van der Waals surface area (Å²) in [6, 6.07) is 0.843. The van der Waals surface area contributed by atoms with E-state index in [1.165, 1.54) is 0 Å². The maximum atomic E-state index is 11.5. The summed E-state index contributed by atoms with van der Waals surface area (Å²) in [4.78, 5) is 13.8. The van der Waals surface area contributed by atoms with Gasteiger partial charge in [0.05, 0.1) is 0 Å². The van der Waals surface area contributed by atoms with Crippen molar-refractivity contribution >= 4 is 30.7 Å². The van der Waals surface area contributed by atoms with Crippen molar-refractivity contribution in [1.29, 1.82) is 0 Å². The van der Waals surface area contributed by atoms with Gasteiger partial charge in [0, 0.05) is 31.1 Å². The molecule has 1 fully saturated rings. The molecule has 0 bridgehead atoms. The molecule has 3 unspecified atom stereocenters. The number of halogens is 2. The number of carbonyl (C=O) groups is 1. The van der Waals surface area contributed by atoms with Crippen LogP contribution in [0.15, 0.2) is 0 Å². The first kappa shape index (κ1) is 19.3. The minimum absolute atomic E-state index is 0. The van der Waals surface area contributed by atoms with Crippen LogP contribution >= 0.6 is 24.8 Å². The third-order valence-corrected chi connectivity index (χ3v) is 3.08. The third-order valence-electron chi connectivity index (χ3n) is 3.08. The molecule has 0 aromatic carbocycles. The van der Waals surface area contributed by atoms with Crippen molar-refractivity contribution in [2.24, 2.45) is 5.73 Å². The number of piperidine rings is 1. The lowest BCUT2D eigenvalue weighted by atomic mass is 9.99. The summed E-state index contributed by atoms with van der Waals surface area (Å²) in [5, 5.41) is 3.06. The van der Waals surface area contributed by atoms with Crippen LogP contribution in [0.4, 0.5) is 0 Å². The van der Waals surface area contributed by atoms with Crippen LogP contribution in [-0.2, 0) is 4.79 Å². The van der Waals surface area contributed by atoms with Gasteiger partial charge in [-0.3, -0.25) is 4.79 Å². The van der Waals surface area contributed by atoms with E-state index in [1.54, 1.807) is 0 Å². The molecule has 1 aliphatic heterocycles. The highest BCUT2D eigenvalue weighted by Crippen LogP contribution is 2.15. The van der Waals surface area contributed by atoms with Gasteiger partial charge in [-0.1, -0.05) is 0 Å². The van der Waals surface area contributed by atoms with Crippen LogP contribution in [0.5, 0.6) is 0 Å². The Hall–Kier alpha value is -0.0300. The lowest BCUT2D eigenvalue weighted by Gasteiger charge is -2.35. The second-order valence-electron chi connectivity index (χ2n) is 4.80. The number of nitrogens with two attached hydrogens (primary N) is 1. The van der Waals surface area contributed by atoms with Crippen LogP contribution in [0, 0.1) is 0 Å². The van der Waals surface area contributed by atoms with Crippen molar-refractivity contribution < 1.29 is 4.79 Å². The summed E-state index contributed by atoms with van der Waals surface area (Å²) < 4.78 is 0. The topological polar surface area (TPSA) is 58.4 Å². The van der Waals surface area contributed by atoms with E-state index in [9.17, 15) is 4.79 Å². The monoisotopic (exact) mass is 285 g/mol. The second-order valence-corrected chi connectivity index (χ2v) is 4.80. The first-order chi connectivity index (χ1) is 6.99. The molecule has 4 nitrogen and oxygen atoms in total. The van der Waals surface area contributed by atoms with Crippen LogP contribution in [0.2, 0.25) is 0 Å². The number of likely N-dealkylation sites (tertiary alicyclic amines) is 1. The lowest BCUT2D eigenvalue weighted by molar-refractivity contribution is -0.122. The van der Waals surface area contributed by atoms with Crippen LogP contribution in [0.3, 0.4) is 0 Å². The van der Waals surface area contributed by atoms with Gasteiger partial charge in [0.15, 0.2) is 0 Å². The standard InChI is InChI=1S/C11H23N3O.2ClH/c1-8(12)6-11(15)13-10-4-5-14(3)9(2)7-10;;/h8-10H,4-7,12H2,1-3H3,(H,13,15);2*1H. The summed E-state index contributed by atoms with van der Waals surface area (Å²) in [7, 11) is 2.13. The minimum atomic E-state index is -0.0475. The summed E-state index contributed by atoms with van der Waals surface area (Å²) in [5.41, 5.74) is 5.58. The Balaban J connectivity index is 0. The molecule has 1 heterocycles. The SMILES string of the molecule is CC(N)CC(=O)NC1CCN(C)C(C)C1.Cl.Cl. The molecule has 3 N–H and O–H groups in total. The number of nitrogens with zero attached hydrogens (tertiary/aromatic N) is 1. The number of hydrogen-bond donors (Lipinski definition) is 2. The van der Waals surface area contributed by atoms with E-state index in [2.05, 4.69) is 24.2 Å². The Labute approximate surface area is 117 Å². The molecular weight excluding hydrogens is 261 g/mol. The Morgan fingerprint density at radius 2 is 2.12 bits per heavy atom. The van der Waals surface area contributed by atoms with Crippen molar-refractivity contribution in [3.8, 4) is 0 Å². The van der Waals surface area contributed by atoms with Crippen molar-refractivity contribution in [1.82, 2.24) is 10.2 Å². The maximum absolute atomic E-state index is 11.5. The molecule has 3 atom stereocenters. The zero-order valence-corrected chi connectivity index (χ0v) is 12.4. The normalized spacial score (nSPS) is 26.4. The average molecular weight is 286 g/mol. The number of carbonyl (C=O) groups excluding carboxylic acids is 1. The van der Waals surface area contributed by atoms with Gasteiger partial charge in [-0.2, -0.15) is 0 Å². The fourth-order valence-electron chi connectivity index (χ4n) is 2.00. The van der Waals surface area contributed by atoms with E-state index in [-0.39, 0.29) is 36.8 Å². The Morgan fingerprint density at radius 1 is 1.53 bits per heavy atom. The predicted molar refractivity (Wildman–Crippen MR) is 76.0 cm³/mol.